The first-order valence-corrected chi connectivity index (χ1v) is 10.5. The number of carbonyl (C=O) groups is 3. The van der Waals surface area contributed by atoms with E-state index in [-0.39, 0.29) is 31.0 Å². The lowest BCUT2D eigenvalue weighted by molar-refractivity contribution is -0.385. The van der Waals surface area contributed by atoms with Crippen LogP contribution in [0.25, 0.3) is 0 Å². The molecule has 1 aliphatic rings. The Bertz CT molecular complexity index is 975. The van der Waals surface area contributed by atoms with Crippen molar-refractivity contribution in [3.05, 3.63) is 33.3 Å². The molecule has 0 aromatic heterocycles. The lowest BCUT2D eigenvalue weighted by atomic mass is 9.98. The highest BCUT2D eigenvalue weighted by atomic mass is 35.5. The van der Waals surface area contributed by atoms with Crippen LogP contribution in [0.1, 0.15) is 19.8 Å². The molecule has 1 heterocycles. The Morgan fingerprint density at radius 1 is 1.33 bits per heavy atom. The van der Waals surface area contributed by atoms with Crippen LogP contribution in [-0.2, 0) is 24.3 Å². The average Bonchev–Trinajstić information content (AvgIpc) is 2.67. The van der Waals surface area contributed by atoms with Crippen LogP contribution in [0.15, 0.2) is 23.1 Å². The molecule has 164 valence electrons. The van der Waals surface area contributed by atoms with Gasteiger partial charge in [-0.05, 0) is 25.8 Å². The van der Waals surface area contributed by atoms with E-state index in [1.807, 2.05) is 0 Å². The number of nitrogens with one attached hydrogen (secondary N) is 1. The molecule has 0 radical (unpaired) electrons. The molecule has 0 bridgehead atoms. The third kappa shape index (κ3) is 5.43. The number of nitrogens with zero attached hydrogens (tertiary/aromatic N) is 2. The number of nitro benzene ring substituents is 1. The van der Waals surface area contributed by atoms with Crippen molar-refractivity contribution in [2.45, 2.75) is 30.8 Å². The Kier molecular flexibility index (Phi) is 7.34. The van der Waals surface area contributed by atoms with Crippen molar-refractivity contribution >= 4 is 45.2 Å². The second kappa shape index (κ2) is 9.36. The quantitative estimate of drug-likeness (QED) is 0.353. The van der Waals surface area contributed by atoms with Crippen molar-refractivity contribution in [2.24, 2.45) is 11.7 Å². The van der Waals surface area contributed by atoms with E-state index in [2.05, 4.69) is 0 Å². The van der Waals surface area contributed by atoms with Crippen molar-refractivity contribution in [3.8, 4) is 0 Å². The summed E-state index contributed by atoms with van der Waals surface area (Å²) in [5.41, 5.74) is 4.41. The van der Waals surface area contributed by atoms with Crippen LogP contribution in [0.4, 0.5) is 10.5 Å². The topological polar surface area (TPSA) is 179 Å². The van der Waals surface area contributed by atoms with Crippen LogP contribution >= 0.6 is 11.6 Å². The minimum atomic E-state index is -4.12. The molecule has 0 spiro atoms. The van der Waals surface area contributed by atoms with Gasteiger partial charge in [0.05, 0.1) is 15.9 Å². The number of halogens is 1. The van der Waals surface area contributed by atoms with Crippen LogP contribution in [-0.4, -0.2) is 54.7 Å². The standard InChI is InChI=1S/C16H19ClN4O8S/c1-9(14(22)19-16(18)24)29-15(23)10-4-6-20(7-5-10)30(27,28)13-8-11(21(25)26)2-3-12(13)17/h2-3,8-10H,4-7H2,1H3,(H3,18,19,22,24). The van der Waals surface area contributed by atoms with E-state index >= 15 is 0 Å². The fraction of sp³-hybridized carbons (Fsp3) is 0.438. The van der Waals surface area contributed by atoms with E-state index in [0.717, 1.165) is 22.5 Å². The van der Waals surface area contributed by atoms with Crippen LogP contribution in [0.2, 0.25) is 5.02 Å². The number of amides is 3. The molecule has 12 nitrogen and oxygen atoms in total. The summed E-state index contributed by atoms with van der Waals surface area (Å²) in [5.74, 6) is -2.26. The second-order valence-corrected chi connectivity index (χ2v) is 8.80. The molecule has 1 unspecified atom stereocenters. The number of non-ortho nitro benzene ring substituents is 1. The van der Waals surface area contributed by atoms with Gasteiger partial charge >= 0.3 is 12.0 Å². The summed E-state index contributed by atoms with van der Waals surface area (Å²) in [7, 11) is -4.12. The number of nitro groups is 1. The zero-order chi connectivity index (χ0) is 22.6. The molecule has 1 fully saturated rings. The summed E-state index contributed by atoms with van der Waals surface area (Å²) in [5, 5.41) is 12.6. The summed E-state index contributed by atoms with van der Waals surface area (Å²) in [4.78, 5) is 44.3. The summed E-state index contributed by atoms with van der Waals surface area (Å²) in [6.45, 7) is 1.16. The third-order valence-electron chi connectivity index (χ3n) is 4.44. The van der Waals surface area contributed by atoms with Gasteiger partial charge in [-0.25, -0.2) is 13.2 Å². The monoisotopic (exact) mass is 462 g/mol. The number of rotatable bonds is 6. The molecular formula is C16H19ClN4O8S. The van der Waals surface area contributed by atoms with Gasteiger partial charge in [-0.1, -0.05) is 11.6 Å². The fourth-order valence-electron chi connectivity index (χ4n) is 2.82. The van der Waals surface area contributed by atoms with Gasteiger partial charge in [-0.2, -0.15) is 4.31 Å². The average molecular weight is 463 g/mol. The number of imide groups is 1. The number of piperidine rings is 1. The van der Waals surface area contributed by atoms with E-state index in [4.69, 9.17) is 22.1 Å². The Labute approximate surface area is 176 Å². The minimum absolute atomic E-state index is 0.0526. The molecule has 0 saturated carbocycles. The maximum atomic E-state index is 12.8. The first-order valence-electron chi connectivity index (χ1n) is 8.68. The number of primary amides is 1. The summed E-state index contributed by atoms with van der Waals surface area (Å²) in [6.07, 6.45) is -1.04. The molecule has 3 amide bonds. The molecule has 1 saturated heterocycles. The Morgan fingerprint density at radius 3 is 2.47 bits per heavy atom. The van der Waals surface area contributed by atoms with Crippen molar-refractivity contribution in [2.75, 3.05) is 13.1 Å². The Morgan fingerprint density at radius 2 is 1.93 bits per heavy atom. The SMILES string of the molecule is CC(OC(=O)C1CCN(S(=O)(=O)c2cc([N+](=O)[O-])ccc2Cl)CC1)C(=O)NC(N)=O. The van der Waals surface area contributed by atoms with E-state index in [1.165, 1.54) is 6.92 Å². The van der Waals surface area contributed by atoms with Crippen molar-refractivity contribution in [3.63, 3.8) is 0 Å². The zero-order valence-corrected chi connectivity index (χ0v) is 17.3. The molecule has 14 heteroatoms. The maximum absolute atomic E-state index is 12.8. The maximum Gasteiger partial charge on any atom is 0.318 e. The number of benzene rings is 1. The summed E-state index contributed by atoms with van der Waals surface area (Å²) in [6, 6.07) is 2.03. The predicted molar refractivity (Wildman–Crippen MR) is 103 cm³/mol. The van der Waals surface area contributed by atoms with E-state index in [1.54, 1.807) is 5.32 Å². The highest BCUT2D eigenvalue weighted by Crippen LogP contribution is 2.31. The number of urea groups is 1. The van der Waals surface area contributed by atoms with E-state index in [9.17, 15) is 32.9 Å². The molecular weight excluding hydrogens is 444 g/mol. The number of hydrogen-bond donors (Lipinski definition) is 2. The van der Waals surface area contributed by atoms with Gasteiger partial charge < -0.3 is 10.5 Å². The van der Waals surface area contributed by atoms with Crippen LogP contribution in [0, 0.1) is 16.0 Å². The number of sulfonamides is 1. The molecule has 1 aromatic rings. The molecule has 1 aliphatic heterocycles. The Hall–Kier alpha value is -2.77. The van der Waals surface area contributed by atoms with Crippen molar-refractivity contribution in [1.82, 2.24) is 9.62 Å². The predicted octanol–water partition coefficient (Wildman–Crippen LogP) is 0.776. The van der Waals surface area contributed by atoms with Crippen LogP contribution in [0.3, 0.4) is 0 Å². The van der Waals surface area contributed by atoms with Gasteiger partial charge in [0.15, 0.2) is 6.10 Å². The minimum Gasteiger partial charge on any atom is -0.452 e. The second-order valence-electron chi connectivity index (χ2n) is 6.48. The van der Waals surface area contributed by atoms with E-state index < -0.39 is 55.5 Å². The Balaban J connectivity index is 2.04. The molecule has 30 heavy (non-hydrogen) atoms. The van der Waals surface area contributed by atoms with Gasteiger partial charge in [0.25, 0.3) is 11.6 Å². The lowest BCUT2D eigenvalue weighted by Crippen LogP contribution is -2.44. The highest BCUT2D eigenvalue weighted by Gasteiger charge is 2.35. The lowest BCUT2D eigenvalue weighted by Gasteiger charge is -2.30. The molecule has 3 N–H and O–H groups in total. The fourth-order valence-corrected chi connectivity index (χ4v) is 4.79. The first kappa shape index (κ1) is 23.5. The first-order chi connectivity index (χ1) is 13.9. The van der Waals surface area contributed by atoms with Gasteiger partial charge in [0, 0.05) is 25.2 Å². The normalized spacial score (nSPS) is 16.5. The number of nitrogens with two attached hydrogens (primary N) is 1. The number of hydrogen-bond acceptors (Lipinski definition) is 8. The zero-order valence-electron chi connectivity index (χ0n) is 15.7. The van der Waals surface area contributed by atoms with Crippen LogP contribution in [0.5, 0.6) is 0 Å². The van der Waals surface area contributed by atoms with Gasteiger partial charge in [0.1, 0.15) is 4.90 Å². The van der Waals surface area contributed by atoms with Gasteiger partial charge in [-0.15, -0.1) is 0 Å². The van der Waals surface area contributed by atoms with Crippen LogP contribution < -0.4 is 11.1 Å². The van der Waals surface area contributed by atoms with Crippen molar-refractivity contribution < 1.29 is 32.5 Å². The number of esters is 1. The molecule has 0 aliphatic carbocycles. The van der Waals surface area contributed by atoms with Crippen molar-refractivity contribution in [1.29, 1.82) is 0 Å². The molecule has 1 aromatic carbocycles. The largest absolute Gasteiger partial charge is 0.452 e. The highest BCUT2D eigenvalue weighted by molar-refractivity contribution is 7.89. The summed E-state index contributed by atoms with van der Waals surface area (Å²) >= 11 is 5.93. The van der Waals surface area contributed by atoms with Gasteiger partial charge in [0.2, 0.25) is 10.0 Å². The molecule has 1 atom stereocenters. The number of ether oxygens (including phenoxy) is 1. The summed E-state index contributed by atoms with van der Waals surface area (Å²) < 4.78 is 31.7. The third-order valence-corrected chi connectivity index (χ3v) is 6.82. The smallest absolute Gasteiger partial charge is 0.318 e. The van der Waals surface area contributed by atoms with E-state index in [0.29, 0.717) is 0 Å². The van der Waals surface area contributed by atoms with Gasteiger partial charge in [-0.3, -0.25) is 25.0 Å². The molecule has 2 rings (SSSR count). The number of carbonyl (C=O) groups excluding carboxylic acids is 3.